The number of nitrogens with zero attached hydrogens (tertiary/aromatic N) is 3. The van der Waals surface area contributed by atoms with Gasteiger partial charge in [0, 0.05) is 17.5 Å². The molecule has 0 radical (unpaired) electrons. The lowest BCUT2D eigenvalue weighted by Gasteiger charge is -2.06. The third-order valence-electron chi connectivity index (χ3n) is 4.49. The monoisotopic (exact) mass is 434 g/mol. The zero-order chi connectivity index (χ0) is 23.3. The summed E-state index contributed by atoms with van der Waals surface area (Å²) in [5.41, 5.74) is 6.71. The Bertz CT molecular complexity index is 1240. The molecule has 0 fully saturated rings. The molecule has 0 saturated heterocycles. The molecule has 0 atom stereocenters. The first-order chi connectivity index (χ1) is 15.3. The van der Waals surface area contributed by atoms with Gasteiger partial charge in [0.15, 0.2) is 6.61 Å². The van der Waals surface area contributed by atoms with E-state index in [2.05, 4.69) is 5.10 Å². The average Bonchev–Trinajstić information content (AvgIpc) is 3.24. The highest BCUT2D eigenvalue weighted by atomic mass is 19.1. The molecule has 8 nitrogen and oxygen atoms in total. The van der Waals surface area contributed by atoms with Crippen molar-refractivity contribution in [1.29, 1.82) is 5.26 Å². The van der Waals surface area contributed by atoms with Crippen molar-refractivity contribution < 1.29 is 23.5 Å². The summed E-state index contributed by atoms with van der Waals surface area (Å²) >= 11 is 0. The molecule has 9 heteroatoms. The van der Waals surface area contributed by atoms with E-state index in [9.17, 15) is 14.0 Å². The number of allylic oxidation sites excluding steroid dienone is 1. The van der Waals surface area contributed by atoms with Crippen molar-refractivity contribution in [1.82, 2.24) is 9.78 Å². The molecule has 2 N–H and O–H groups in total. The lowest BCUT2D eigenvalue weighted by Crippen LogP contribution is -2.17. The number of Topliss-reactive ketones (excluding diaryl/α,β-unsaturated/α-hetero) is 1. The van der Waals surface area contributed by atoms with Crippen molar-refractivity contribution in [3.63, 3.8) is 0 Å². The fourth-order valence-corrected chi connectivity index (χ4v) is 2.88. The van der Waals surface area contributed by atoms with Crippen LogP contribution in [-0.2, 0) is 9.53 Å². The summed E-state index contributed by atoms with van der Waals surface area (Å²) in [6.45, 7) is 0.751. The molecule has 0 spiro atoms. The normalized spacial score (nSPS) is 11.3. The van der Waals surface area contributed by atoms with Gasteiger partial charge < -0.3 is 15.2 Å². The molecule has 0 saturated carbocycles. The SMILES string of the molecule is COc1cccc(-c2nn(-c3ccc(F)cc3)cc2C(=O)OCC(=O)C(C#N)=C(C)N)c1. The highest BCUT2D eigenvalue weighted by Crippen LogP contribution is 2.27. The maximum absolute atomic E-state index is 13.3. The molecule has 3 aromatic rings. The van der Waals surface area contributed by atoms with E-state index >= 15 is 0 Å². The summed E-state index contributed by atoms with van der Waals surface area (Å²) in [6.07, 6.45) is 1.42. The molecule has 0 unspecified atom stereocenters. The van der Waals surface area contributed by atoms with Gasteiger partial charge in [0.25, 0.3) is 0 Å². The van der Waals surface area contributed by atoms with Crippen molar-refractivity contribution in [3.05, 3.63) is 77.4 Å². The highest BCUT2D eigenvalue weighted by molar-refractivity contribution is 6.03. The van der Waals surface area contributed by atoms with Gasteiger partial charge in [0.2, 0.25) is 5.78 Å². The van der Waals surface area contributed by atoms with Crippen LogP contribution in [0.2, 0.25) is 0 Å². The van der Waals surface area contributed by atoms with Gasteiger partial charge in [-0.3, -0.25) is 4.79 Å². The number of halogens is 1. The number of esters is 1. The van der Waals surface area contributed by atoms with Crippen LogP contribution >= 0.6 is 0 Å². The van der Waals surface area contributed by atoms with Crippen LogP contribution in [-0.4, -0.2) is 35.2 Å². The fourth-order valence-electron chi connectivity index (χ4n) is 2.88. The molecule has 0 bridgehead atoms. The smallest absolute Gasteiger partial charge is 0.342 e. The number of methoxy groups -OCH3 is 1. The van der Waals surface area contributed by atoms with Gasteiger partial charge in [-0.25, -0.2) is 13.9 Å². The molecule has 0 amide bonds. The number of carbonyl (C=O) groups is 2. The number of nitrogens with two attached hydrogens (primary N) is 1. The van der Waals surface area contributed by atoms with E-state index < -0.39 is 24.2 Å². The zero-order valence-electron chi connectivity index (χ0n) is 17.3. The predicted molar refractivity (Wildman–Crippen MR) is 113 cm³/mol. The first-order valence-corrected chi connectivity index (χ1v) is 9.41. The maximum Gasteiger partial charge on any atom is 0.342 e. The average molecular weight is 434 g/mol. The van der Waals surface area contributed by atoms with E-state index in [0.717, 1.165) is 0 Å². The Kier molecular flexibility index (Phi) is 6.65. The number of ether oxygens (including phenoxy) is 2. The predicted octanol–water partition coefficient (Wildman–Crippen LogP) is 3.17. The third-order valence-corrected chi connectivity index (χ3v) is 4.49. The van der Waals surface area contributed by atoms with Crippen LogP contribution in [0.4, 0.5) is 4.39 Å². The number of hydrogen-bond acceptors (Lipinski definition) is 7. The minimum absolute atomic E-state index is 0.0368. The largest absolute Gasteiger partial charge is 0.497 e. The molecule has 0 aliphatic rings. The number of aromatic nitrogens is 2. The van der Waals surface area contributed by atoms with Gasteiger partial charge in [-0.1, -0.05) is 12.1 Å². The van der Waals surface area contributed by atoms with Gasteiger partial charge in [-0.2, -0.15) is 10.4 Å². The second kappa shape index (κ2) is 9.57. The van der Waals surface area contributed by atoms with Crippen molar-refractivity contribution in [2.24, 2.45) is 5.73 Å². The van der Waals surface area contributed by atoms with Crippen LogP contribution in [0.5, 0.6) is 5.75 Å². The van der Waals surface area contributed by atoms with Crippen LogP contribution < -0.4 is 10.5 Å². The molecule has 3 rings (SSSR count). The van der Waals surface area contributed by atoms with E-state index in [4.69, 9.17) is 20.5 Å². The van der Waals surface area contributed by atoms with E-state index in [-0.39, 0.29) is 22.5 Å². The van der Waals surface area contributed by atoms with Crippen molar-refractivity contribution in [2.45, 2.75) is 6.92 Å². The van der Waals surface area contributed by atoms with Gasteiger partial charge in [-0.15, -0.1) is 0 Å². The first kappa shape index (κ1) is 22.2. The lowest BCUT2D eigenvalue weighted by atomic mass is 10.1. The topological polar surface area (TPSA) is 120 Å². The fraction of sp³-hybridized carbons (Fsp3) is 0.130. The van der Waals surface area contributed by atoms with E-state index in [1.165, 1.54) is 49.2 Å². The Morgan fingerprint density at radius 3 is 2.56 bits per heavy atom. The Morgan fingerprint density at radius 1 is 1.22 bits per heavy atom. The highest BCUT2D eigenvalue weighted by Gasteiger charge is 2.22. The number of ketones is 1. The number of hydrogen-bond donors (Lipinski definition) is 1. The number of rotatable bonds is 7. The maximum atomic E-state index is 13.3. The van der Waals surface area contributed by atoms with Gasteiger partial charge in [0.1, 0.15) is 34.5 Å². The van der Waals surface area contributed by atoms with Gasteiger partial charge in [-0.05, 0) is 43.3 Å². The van der Waals surface area contributed by atoms with Crippen LogP contribution in [0.3, 0.4) is 0 Å². The van der Waals surface area contributed by atoms with Crippen LogP contribution in [0.25, 0.3) is 16.9 Å². The van der Waals surface area contributed by atoms with E-state index in [1.54, 1.807) is 30.3 Å². The van der Waals surface area contributed by atoms with Crippen molar-refractivity contribution >= 4 is 11.8 Å². The van der Waals surface area contributed by atoms with Crippen LogP contribution in [0, 0.1) is 17.1 Å². The lowest BCUT2D eigenvalue weighted by molar-refractivity contribution is -0.118. The van der Waals surface area contributed by atoms with Gasteiger partial charge in [0.05, 0.1) is 12.8 Å². The summed E-state index contributed by atoms with van der Waals surface area (Å²) < 4.78 is 25.1. The van der Waals surface area contributed by atoms with E-state index in [0.29, 0.717) is 17.0 Å². The minimum Gasteiger partial charge on any atom is -0.497 e. The second-order valence-corrected chi connectivity index (χ2v) is 6.71. The molecule has 162 valence electrons. The Morgan fingerprint density at radius 2 is 1.94 bits per heavy atom. The molecular weight excluding hydrogens is 415 g/mol. The van der Waals surface area contributed by atoms with Crippen molar-refractivity contribution in [3.8, 4) is 28.8 Å². The summed E-state index contributed by atoms with van der Waals surface area (Å²) in [7, 11) is 1.51. The molecule has 32 heavy (non-hydrogen) atoms. The minimum atomic E-state index is -0.823. The summed E-state index contributed by atoms with van der Waals surface area (Å²) in [6, 6.07) is 14.1. The molecule has 1 aromatic heterocycles. The zero-order valence-corrected chi connectivity index (χ0v) is 17.3. The molecule has 0 aliphatic heterocycles. The molecule has 1 heterocycles. The Hall–Kier alpha value is -4.45. The second-order valence-electron chi connectivity index (χ2n) is 6.71. The summed E-state index contributed by atoms with van der Waals surface area (Å²) in [4.78, 5) is 25.0. The van der Waals surface area contributed by atoms with Crippen molar-refractivity contribution in [2.75, 3.05) is 13.7 Å². The molecular formula is C23H19FN4O4. The third kappa shape index (κ3) is 4.82. The molecule has 2 aromatic carbocycles. The first-order valence-electron chi connectivity index (χ1n) is 9.41. The quantitative estimate of drug-likeness (QED) is 0.344. The summed E-state index contributed by atoms with van der Waals surface area (Å²) in [5.74, 6) is -1.40. The van der Waals surface area contributed by atoms with Crippen LogP contribution in [0.1, 0.15) is 17.3 Å². The number of benzene rings is 2. The Balaban J connectivity index is 1.98. The van der Waals surface area contributed by atoms with Crippen LogP contribution in [0.15, 0.2) is 66.0 Å². The standard InChI is InChI=1S/C23H19FN4O4/c1-14(26)19(11-25)21(29)13-32-23(30)20-12-28(17-8-6-16(24)7-9-17)27-22(20)15-4-3-5-18(10-15)31-2/h3-10,12H,13,26H2,1-2H3. The number of nitriles is 1. The van der Waals surface area contributed by atoms with Gasteiger partial charge >= 0.3 is 5.97 Å². The van der Waals surface area contributed by atoms with E-state index in [1.807, 2.05) is 0 Å². The Labute approximate surface area is 183 Å². The number of carbonyl (C=O) groups excluding carboxylic acids is 2. The molecule has 0 aliphatic carbocycles. The summed E-state index contributed by atoms with van der Waals surface area (Å²) in [5, 5.41) is 13.5.